The second-order valence-electron chi connectivity index (χ2n) is 4.70. The molecule has 0 aromatic rings. The first-order chi connectivity index (χ1) is 8.37. The first-order valence-corrected chi connectivity index (χ1v) is 6.01. The monoisotopic (exact) mass is 262 g/mol. The largest absolute Gasteiger partial charge is 0.348 e. The lowest BCUT2D eigenvalue weighted by atomic mass is 9.97. The van der Waals surface area contributed by atoms with Gasteiger partial charge in [-0.15, -0.1) is 0 Å². The van der Waals surface area contributed by atoms with E-state index in [-0.39, 0.29) is 13.0 Å². The zero-order valence-corrected chi connectivity index (χ0v) is 10.3. The quantitative estimate of drug-likeness (QED) is 0.816. The second-order valence-corrected chi connectivity index (χ2v) is 4.70. The first-order valence-electron chi connectivity index (χ1n) is 6.01. The molecule has 3 amide bonds. The van der Waals surface area contributed by atoms with Gasteiger partial charge in [0.15, 0.2) is 6.23 Å². The van der Waals surface area contributed by atoms with Crippen molar-refractivity contribution < 1.29 is 23.1 Å². The van der Waals surface area contributed by atoms with Crippen molar-refractivity contribution in [1.29, 1.82) is 0 Å². The van der Waals surface area contributed by atoms with Crippen LogP contribution in [0.4, 0.5) is 13.6 Å². The summed E-state index contributed by atoms with van der Waals surface area (Å²) < 4.78 is 33.4. The molecule has 0 bridgehead atoms. The number of hydrogen-bond acceptors (Lipinski definition) is 3. The van der Waals surface area contributed by atoms with Crippen LogP contribution in [-0.4, -0.2) is 41.6 Å². The fraction of sp³-hybridized carbons (Fsp3) is 0.818. The lowest BCUT2D eigenvalue weighted by Gasteiger charge is -2.34. The minimum Gasteiger partial charge on any atom is -0.348 e. The highest BCUT2D eigenvalue weighted by Crippen LogP contribution is 2.43. The van der Waals surface area contributed by atoms with E-state index in [0.29, 0.717) is 6.42 Å². The van der Waals surface area contributed by atoms with Gasteiger partial charge in [-0.2, -0.15) is 0 Å². The van der Waals surface area contributed by atoms with E-state index in [4.69, 9.17) is 4.74 Å². The smallest absolute Gasteiger partial charge is 0.326 e. The average Bonchev–Trinajstić information content (AvgIpc) is 2.52. The number of urea groups is 1. The average molecular weight is 262 g/mol. The summed E-state index contributed by atoms with van der Waals surface area (Å²) in [7, 11) is 0. The maximum Gasteiger partial charge on any atom is 0.326 e. The second kappa shape index (κ2) is 4.46. The molecule has 0 unspecified atom stereocenters. The van der Waals surface area contributed by atoms with Crippen LogP contribution in [0.5, 0.6) is 0 Å². The summed E-state index contributed by atoms with van der Waals surface area (Å²) in [6.07, 6.45) is -1.67. The van der Waals surface area contributed by atoms with E-state index in [1.165, 1.54) is 6.92 Å². The summed E-state index contributed by atoms with van der Waals surface area (Å²) in [5.41, 5.74) is 0. The Morgan fingerprint density at radius 1 is 1.50 bits per heavy atom. The standard InChI is InChI=1S/C11H16F2N2O3/c1-3-7-6(2)11(12,13)9(18-7)15-5-4-8(16)14-10(15)17/h6-7,9H,3-5H2,1-2H3,(H,14,16,17)/t6-,7-,9-/m1/s1. The van der Waals surface area contributed by atoms with Crippen molar-refractivity contribution in [2.75, 3.05) is 6.54 Å². The number of imide groups is 1. The number of nitrogens with zero attached hydrogens (tertiary/aromatic N) is 1. The van der Waals surface area contributed by atoms with Gasteiger partial charge in [-0.3, -0.25) is 15.0 Å². The van der Waals surface area contributed by atoms with Crippen molar-refractivity contribution in [2.24, 2.45) is 5.92 Å². The van der Waals surface area contributed by atoms with Crippen molar-refractivity contribution in [1.82, 2.24) is 10.2 Å². The van der Waals surface area contributed by atoms with Crippen LogP contribution in [0.3, 0.4) is 0 Å². The van der Waals surface area contributed by atoms with E-state index in [1.807, 2.05) is 5.32 Å². The molecule has 0 aliphatic carbocycles. The minimum absolute atomic E-state index is 0.0207. The van der Waals surface area contributed by atoms with Gasteiger partial charge in [0.2, 0.25) is 5.91 Å². The molecule has 0 saturated carbocycles. The molecule has 7 heteroatoms. The van der Waals surface area contributed by atoms with Crippen LogP contribution in [0.2, 0.25) is 0 Å². The van der Waals surface area contributed by atoms with E-state index in [1.54, 1.807) is 6.92 Å². The lowest BCUT2D eigenvalue weighted by molar-refractivity contribution is -0.149. The molecule has 0 aromatic carbocycles. The van der Waals surface area contributed by atoms with Gasteiger partial charge in [0.1, 0.15) is 0 Å². The summed E-state index contributed by atoms with van der Waals surface area (Å²) in [4.78, 5) is 23.5. The van der Waals surface area contributed by atoms with E-state index in [0.717, 1.165) is 4.90 Å². The Balaban J connectivity index is 2.18. The summed E-state index contributed by atoms with van der Waals surface area (Å²) in [6.45, 7) is 3.15. The molecule has 2 heterocycles. The van der Waals surface area contributed by atoms with Gasteiger partial charge >= 0.3 is 6.03 Å². The molecule has 1 N–H and O–H groups in total. The maximum absolute atomic E-state index is 14.1. The van der Waals surface area contributed by atoms with Gasteiger partial charge in [-0.25, -0.2) is 13.6 Å². The van der Waals surface area contributed by atoms with E-state index < -0.39 is 36.1 Å². The van der Waals surface area contributed by atoms with Gasteiger partial charge in [-0.05, 0) is 6.42 Å². The summed E-state index contributed by atoms with van der Waals surface area (Å²) in [6, 6.07) is -0.806. The third-order valence-corrected chi connectivity index (χ3v) is 3.57. The Morgan fingerprint density at radius 2 is 2.17 bits per heavy atom. The van der Waals surface area contributed by atoms with Crippen LogP contribution in [0, 0.1) is 5.92 Å². The molecule has 3 atom stereocenters. The molecule has 5 nitrogen and oxygen atoms in total. The molecule has 0 aromatic heterocycles. The highest BCUT2D eigenvalue weighted by molar-refractivity contribution is 5.96. The van der Waals surface area contributed by atoms with Crippen molar-refractivity contribution in [3.8, 4) is 0 Å². The van der Waals surface area contributed by atoms with Crippen LogP contribution in [0.25, 0.3) is 0 Å². The fourth-order valence-corrected chi connectivity index (χ4v) is 2.38. The summed E-state index contributed by atoms with van der Waals surface area (Å²) in [5.74, 6) is -4.49. The summed E-state index contributed by atoms with van der Waals surface area (Å²) >= 11 is 0. The molecule has 2 rings (SSSR count). The number of ether oxygens (including phenoxy) is 1. The maximum atomic E-state index is 14.1. The lowest BCUT2D eigenvalue weighted by Crippen LogP contribution is -2.58. The molecule has 2 fully saturated rings. The topological polar surface area (TPSA) is 58.6 Å². The number of alkyl halides is 2. The van der Waals surface area contributed by atoms with Crippen molar-refractivity contribution >= 4 is 11.9 Å². The van der Waals surface area contributed by atoms with E-state index in [2.05, 4.69) is 0 Å². The number of carbonyl (C=O) groups excluding carboxylic acids is 2. The van der Waals surface area contributed by atoms with Crippen LogP contribution >= 0.6 is 0 Å². The first kappa shape index (κ1) is 13.2. The number of hydrogen-bond donors (Lipinski definition) is 1. The Hall–Kier alpha value is -1.24. The Kier molecular flexibility index (Phi) is 3.27. The summed E-state index contributed by atoms with van der Waals surface area (Å²) in [5, 5.41) is 2.03. The van der Waals surface area contributed by atoms with Crippen molar-refractivity contribution in [3.05, 3.63) is 0 Å². The molecular formula is C11H16F2N2O3. The zero-order valence-electron chi connectivity index (χ0n) is 10.3. The predicted octanol–water partition coefficient (Wildman–Crippen LogP) is 1.33. The SMILES string of the molecule is CC[C@H]1O[C@@H](N2CCC(=O)NC2=O)C(F)(F)[C@@H]1C. The van der Waals surface area contributed by atoms with Crippen molar-refractivity contribution in [2.45, 2.75) is 44.9 Å². The molecule has 18 heavy (non-hydrogen) atoms. The van der Waals surface area contributed by atoms with Gasteiger partial charge in [-0.1, -0.05) is 13.8 Å². The number of rotatable bonds is 2. The highest BCUT2D eigenvalue weighted by atomic mass is 19.3. The van der Waals surface area contributed by atoms with Crippen LogP contribution in [0.1, 0.15) is 26.7 Å². The third-order valence-electron chi connectivity index (χ3n) is 3.57. The zero-order chi connectivity index (χ0) is 13.5. The number of nitrogens with one attached hydrogen (secondary N) is 1. The van der Waals surface area contributed by atoms with Gasteiger partial charge in [0, 0.05) is 13.0 Å². The third kappa shape index (κ3) is 1.96. The van der Waals surface area contributed by atoms with Crippen molar-refractivity contribution in [3.63, 3.8) is 0 Å². The Bertz CT molecular complexity index is 375. The van der Waals surface area contributed by atoms with Crippen LogP contribution in [0.15, 0.2) is 0 Å². The number of halogens is 2. The Labute approximate surface area is 103 Å². The molecule has 2 saturated heterocycles. The molecule has 0 spiro atoms. The van der Waals surface area contributed by atoms with Gasteiger partial charge < -0.3 is 4.74 Å². The molecule has 102 valence electrons. The minimum atomic E-state index is -3.10. The normalized spacial score (nSPS) is 35.8. The van der Waals surface area contributed by atoms with Gasteiger partial charge in [0.25, 0.3) is 5.92 Å². The number of amides is 3. The molecular weight excluding hydrogens is 246 g/mol. The predicted molar refractivity (Wildman–Crippen MR) is 57.9 cm³/mol. The fourth-order valence-electron chi connectivity index (χ4n) is 2.38. The van der Waals surface area contributed by atoms with Crippen LogP contribution in [-0.2, 0) is 9.53 Å². The van der Waals surface area contributed by atoms with E-state index in [9.17, 15) is 18.4 Å². The number of carbonyl (C=O) groups is 2. The van der Waals surface area contributed by atoms with Crippen LogP contribution < -0.4 is 5.32 Å². The highest BCUT2D eigenvalue weighted by Gasteiger charge is 2.59. The molecule has 0 radical (unpaired) electrons. The van der Waals surface area contributed by atoms with Gasteiger partial charge in [0.05, 0.1) is 12.0 Å². The molecule has 2 aliphatic heterocycles. The molecule has 2 aliphatic rings. The van der Waals surface area contributed by atoms with E-state index >= 15 is 0 Å². The Morgan fingerprint density at radius 3 is 2.67 bits per heavy atom.